The van der Waals surface area contributed by atoms with E-state index < -0.39 is 0 Å². The lowest BCUT2D eigenvalue weighted by molar-refractivity contribution is 0.0744. The quantitative estimate of drug-likeness (QED) is 0.860. The van der Waals surface area contributed by atoms with Gasteiger partial charge in [-0.3, -0.25) is 4.79 Å². The highest BCUT2D eigenvalue weighted by atomic mass is 16.5. The fourth-order valence-corrected chi connectivity index (χ4v) is 2.82. The van der Waals surface area contributed by atoms with E-state index in [4.69, 9.17) is 15.2 Å². The van der Waals surface area contributed by atoms with Crippen LogP contribution >= 0.6 is 0 Å². The average molecular weight is 278 g/mol. The zero-order valence-electron chi connectivity index (χ0n) is 12.5. The minimum Gasteiger partial charge on any atom is -0.493 e. The SMILES string of the molecule is COc1cc(N)c(C(=O)N2CC(C)CC2C)cc1OC. The molecule has 20 heavy (non-hydrogen) atoms. The number of nitrogens with zero attached hydrogens (tertiary/aromatic N) is 1. The van der Waals surface area contributed by atoms with E-state index in [1.54, 1.807) is 26.4 Å². The van der Waals surface area contributed by atoms with Crippen LogP contribution in [0.15, 0.2) is 12.1 Å². The molecule has 0 bridgehead atoms. The van der Waals surface area contributed by atoms with Crippen molar-refractivity contribution in [2.75, 3.05) is 26.5 Å². The molecule has 2 N–H and O–H groups in total. The fourth-order valence-electron chi connectivity index (χ4n) is 2.82. The number of hydrogen-bond donors (Lipinski definition) is 1. The summed E-state index contributed by atoms with van der Waals surface area (Å²) in [4.78, 5) is 14.5. The standard InChI is InChI=1S/C15H22N2O3/c1-9-5-10(2)17(8-9)15(18)11-6-13(19-3)14(20-4)7-12(11)16/h6-7,9-10H,5,8,16H2,1-4H3. The van der Waals surface area contributed by atoms with Crippen LogP contribution < -0.4 is 15.2 Å². The van der Waals surface area contributed by atoms with Gasteiger partial charge in [-0.2, -0.15) is 0 Å². The van der Waals surface area contributed by atoms with Crippen molar-refractivity contribution in [3.05, 3.63) is 17.7 Å². The Labute approximate surface area is 119 Å². The molecule has 2 rings (SSSR count). The number of hydrogen-bond acceptors (Lipinski definition) is 4. The summed E-state index contributed by atoms with van der Waals surface area (Å²) in [5, 5.41) is 0. The number of carbonyl (C=O) groups is 1. The molecule has 1 aliphatic rings. The summed E-state index contributed by atoms with van der Waals surface area (Å²) < 4.78 is 10.4. The molecule has 5 nitrogen and oxygen atoms in total. The van der Waals surface area contributed by atoms with E-state index in [1.807, 2.05) is 4.90 Å². The van der Waals surface area contributed by atoms with Crippen LogP contribution in [0, 0.1) is 5.92 Å². The van der Waals surface area contributed by atoms with Gasteiger partial charge in [0.05, 0.1) is 19.8 Å². The molecule has 2 atom stereocenters. The van der Waals surface area contributed by atoms with Crippen LogP contribution in [0.1, 0.15) is 30.6 Å². The van der Waals surface area contributed by atoms with Crippen LogP contribution in [-0.4, -0.2) is 37.6 Å². The summed E-state index contributed by atoms with van der Waals surface area (Å²) in [5.41, 5.74) is 6.88. The van der Waals surface area contributed by atoms with Crippen LogP contribution in [0.2, 0.25) is 0 Å². The fraction of sp³-hybridized carbons (Fsp3) is 0.533. The average Bonchev–Trinajstić information content (AvgIpc) is 2.76. The van der Waals surface area contributed by atoms with Gasteiger partial charge in [-0.1, -0.05) is 6.92 Å². The number of methoxy groups -OCH3 is 2. The first-order valence-corrected chi connectivity index (χ1v) is 6.80. The summed E-state index contributed by atoms with van der Waals surface area (Å²) in [7, 11) is 3.09. The van der Waals surface area contributed by atoms with Crippen molar-refractivity contribution in [2.45, 2.75) is 26.3 Å². The zero-order chi connectivity index (χ0) is 14.9. The van der Waals surface area contributed by atoms with Crippen molar-refractivity contribution in [3.8, 4) is 11.5 Å². The van der Waals surface area contributed by atoms with Crippen molar-refractivity contribution in [2.24, 2.45) is 5.92 Å². The van der Waals surface area contributed by atoms with Gasteiger partial charge in [-0.05, 0) is 25.3 Å². The predicted molar refractivity (Wildman–Crippen MR) is 78.2 cm³/mol. The summed E-state index contributed by atoms with van der Waals surface area (Å²) in [6.07, 6.45) is 1.03. The van der Waals surface area contributed by atoms with Gasteiger partial charge in [0.2, 0.25) is 0 Å². The molecule has 0 saturated carbocycles. The molecule has 1 aliphatic heterocycles. The third-order valence-electron chi connectivity index (χ3n) is 3.83. The number of nitrogen functional groups attached to an aromatic ring is 1. The second-order valence-electron chi connectivity index (χ2n) is 5.44. The number of benzene rings is 1. The molecule has 1 saturated heterocycles. The first-order valence-electron chi connectivity index (χ1n) is 6.80. The van der Waals surface area contributed by atoms with Crippen molar-refractivity contribution in [3.63, 3.8) is 0 Å². The Hall–Kier alpha value is -1.91. The highest BCUT2D eigenvalue weighted by Crippen LogP contribution is 2.34. The molecule has 110 valence electrons. The van der Waals surface area contributed by atoms with Crippen LogP contribution in [0.3, 0.4) is 0 Å². The van der Waals surface area contributed by atoms with Crippen molar-refractivity contribution in [1.82, 2.24) is 4.90 Å². The lowest BCUT2D eigenvalue weighted by Crippen LogP contribution is -2.34. The third kappa shape index (κ3) is 2.53. The highest BCUT2D eigenvalue weighted by Gasteiger charge is 2.31. The molecule has 5 heteroatoms. The molecule has 2 unspecified atom stereocenters. The van der Waals surface area contributed by atoms with Gasteiger partial charge in [0.1, 0.15) is 0 Å². The molecular weight excluding hydrogens is 256 g/mol. The predicted octanol–water partition coefficient (Wildman–Crippen LogP) is 2.16. The van der Waals surface area contributed by atoms with Gasteiger partial charge in [0, 0.05) is 24.3 Å². The molecule has 1 aromatic carbocycles. The van der Waals surface area contributed by atoms with E-state index in [9.17, 15) is 4.79 Å². The highest BCUT2D eigenvalue weighted by molar-refractivity contribution is 6.00. The Morgan fingerprint density at radius 2 is 1.85 bits per heavy atom. The Balaban J connectivity index is 2.35. The van der Waals surface area contributed by atoms with E-state index in [0.717, 1.165) is 13.0 Å². The number of nitrogens with two attached hydrogens (primary N) is 1. The normalized spacial score (nSPS) is 21.9. The van der Waals surface area contributed by atoms with Crippen molar-refractivity contribution in [1.29, 1.82) is 0 Å². The number of rotatable bonds is 3. The summed E-state index contributed by atoms with van der Waals surface area (Å²) in [6.45, 7) is 4.99. The third-order valence-corrected chi connectivity index (χ3v) is 3.83. The zero-order valence-corrected chi connectivity index (χ0v) is 12.5. The van der Waals surface area contributed by atoms with E-state index in [-0.39, 0.29) is 11.9 Å². The van der Waals surface area contributed by atoms with Gasteiger partial charge in [-0.15, -0.1) is 0 Å². The summed E-state index contributed by atoms with van der Waals surface area (Å²) in [6, 6.07) is 3.53. The maximum atomic E-state index is 12.6. The van der Waals surface area contributed by atoms with E-state index in [1.165, 1.54) is 0 Å². The Morgan fingerprint density at radius 3 is 2.35 bits per heavy atom. The Morgan fingerprint density at radius 1 is 1.25 bits per heavy atom. The molecule has 1 fully saturated rings. The summed E-state index contributed by atoms with van der Waals surface area (Å²) >= 11 is 0. The number of carbonyl (C=O) groups excluding carboxylic acids is 1. The maximum Gasteiger partial charge on any atom is 0.256 e. The van der Waals surface area contributed by atoms with E-state index in [0.29, 0.717) is 28.7 Å². The van der Waals surface area contributed by atoms with Crippen LogP contribution in [0.5, 0.6) is 11.5 Å². The number of ether oxygens (including phenoxy) is 2. The van der Waals surface area contributed by atoms with Crippen LogP contribution in [0.25, 0.3) is 0 Å². The van der Waals surface area contributed by atoms with Crippen molar-refractivity contribution < 1.29 is 14.3 Å². The topological polar surface area (TPSA) is 64.8 Å². The number of amides is 1. The first-order chi connectivity index (χ1) is 9.47. The smallest absolute Gasteiger partial charge is 0.256 e. The van der Waals surface area contributed by atoms with Gasteiger partial charge in [0.25, 0.3) is 5.91 Å². The largest absolute Gasteiger partial charge is 0.493 e. The number of anilines is 1. The van der Waals surface area contributed by atoms with E-state index in [2.05, 4.69) is 13.8 Å². The van der Waals surface area contributed by atoms with Gasteiger partial charge in [0.15, 0.2) is 11.5 Å². The molecule has 0 aromatic heterocycles. The molecule has 1 heterocycles. The monoisotopic (exact) mass is 278 g/mol. The lowest BCUT2D eigenvalue weighted by Gasteiger charge is -2.23. The van der Waals surface area contributed by atoms with Crippen molar-refractivity contribution >= 4 is 11.6 Å². The molecule has 1 aromatic rings. The van der Waals surface area contributed by atoms with Gasteiger partial charge in [-0.25, -0.2) is 0 Å². The summed E-state index contributed by atoms with van der Waals surface area (Å²) in [5.74, 6) is 1.53. The minimum absolute atomic E-state index is 0.0414. The number of likely N-dealkylation sites (tertiary alicyclic amines) is 1. The second-order valence-corrected chi connectivity index (χ2v) is 5.44. The molecule has 0 spiro atoms. The van der Waals surface area contributed by atoms with Gasteiger partial charge >= 0.3 is 0 Å². The Kier molecular flexibility index (Phi) is 4.06. The lowest BCUT2D eigenvalue weighted by atomic mass is 10.1. The molecule has 0 radical (unpaired) electrons. The second kappa shape index (κ2) is 5.61. The maximum absolute atomic E-state index is 12.6. The molecule has 0 aliphatic carbocycles. The first kappa shape index (κ1) is 14.5. The van der Waals surface area contributed by atoms with E-state index >= 15 is 0 Å². The minimum atomic E-state index is -0.0414. The molecular formula is C15H22N2O3. The molecule has 1 amide bonds. The van der Waals surface area contributed by atoms with Crippen LogP contribution in [-0.2, 0) is 0 Å². The van der Waals surface area contributed by atoms with Gasteiger partial charge < -0.3 is 20.1 Å². The Bertz CT molecular complexity index is 516. The van der Waals surface area contributed by atoms with Crippen LogP contribution in [0.4, 0.5) is 5.69 Å².